The molecule has 0 aromatic heterocycles. The lowest BCUT2D eigenvalue weighted by molar-refractivity contribution is 0.0300. The van der Waals surface area contributed by atoms with Crippen LogP contribution in [-0.2, 0) is 0 Å². The van der Waals surface area contributed by atoms with Crippen molar-refractivity contribution >= 4 is 6.03 Å². The zero-order chi connectivity index (χ0) is 16.4. The molecule has 1 N–H and O–H groups in total. The smallest absolute Gasteiger partial charge is 0.319 e. The van der Waals surface area contributed by atoms with Crippen LogP contribution in [0.2, 0.25) is 0 Å². The van der Waals surface area contributed by atoms with E-state index in [1.165, 1.54) is 32.1 Å². The number of piperidine rings is 1. The molecule has 2 bridgehead atoms. The molecule has 132 valence electrons. The van der Waals surface area contributed by atoms with Crippen molar-refractivity contribution in [3.05, 3.63) is 0 Å². The van der Waals surface area contributed by atoms with Crippen molar-refractivity contribution < 1.29 is 9.90 Å². The fourth-order valence-corrected chi connectivity index (χ4v) is 4.53. The number of nitrogens with zero attached hydrogens (tertiary/aromatic N) is 4. The molecule has 3 rings (SSSR count). The van der Waals surface area contributed by atoms with E-state index in [1.807, 2.05) is 4.90 Å². The molecule has 0 saturated carbocycles. The lowest BCUT2D eigenvalue weighted by Crippen LogP contribution is -2.54. The Bertz CT molecular complexity index is 393. The van der Waals surface area contributed by atoms with Crippen LogP contribution in [0.4, 0.5) is 4.79 Å². The minimum atomic E-state index is -0.271. The molecule has 3 saturated heterocycles. The Kier molecular flexibility index (Phi) is 5.44. The molecule has 3 atom stereocenters. The number of aliphatic hydroxyl groups is 1. The molecular weight excluding hydrogens is 292 g/mol. The lowest BCUT2D eigenvalue weighted by Gasteiger charge is -2.39. The number of hydrogen-bond acceptors (Lipinski definition) is 4. The second-order valence-electron chi connectivity index (χ2n) is 7.63. The van der Waals surface area contributed by atoms with E-state index in [0.717, 1.165) is 51.4 Å². The summed E-state index contributed by atoms with van der Waals surface area (Å²) in [6.07, 6.45) is 6.37. The van der Waals surface area contributed by atoms with Crippen molar-refractivity contribution in [1.29, 1.82) is 0 Å². The Labute approximate surface area is 140 Å². The molecular formula is C17H32N4O2. The highest BCUT2D eigenvalue weighted by Gasteiger charge is 2.37. The first kappa shape index (κ1) is 17.0. The normalized spacial score (nSPS) is 30.5. The number of rotatable bonds is 4. The fraction of sp³-hybridized carbons (Fsp3) is 0.941. The molecule has 0 spiro atoms. The highest BCUT2D eigenvalue weighted by atomic mass is 16.3. The van der Waals surface area contributed by atoms with Gasteiger partial charge in [0.05, 0.1) is 6.10 Å². The standard InChI is InChI=1S/C17H32N4O2/c1-18(2)17(23)20-10-8-19(9-11-20)12-16(22)13-21-14-4-3-5-15(21)7-6-14/h14-16,22H,3-13H2,1-2H3/t14-,15+,16?. The summed E-state index contributed by atoms with van der Waals surface area (Å²) in [5.41, 5.74) is 0. The van der Waals surface area contributed by atoms with E-state index in [9.17, 15) is 9.90 Å². The van der Waals surface area contributed by atoms with E-state index in [1.54, 1.807) is 19.0 Å². The van der Waals surface area contributed by atoms with E-state index in [2.05, 4.69) is 9.80 Å². The fourth-order valence-electron chi connectivity index (χ4n) is 4.53. The quantitative estimate of drug-likeness (QED) is 0.825. The van der Waals surface area contributed by atoms with Crippen LogP contribution in [-0.4, -0.2) is 102 Å². The van der Waals surface area contributed by atoms with Crippen LogP contribution in [0.15, 0.2) is 0 Å². The third kappa shape index (κ3) is 3.98. The second kappa shape index (κ2) is 7.36. The number of aliphatic hydroxyl groups excluding tert-OH is 1. The van der Waals surface area contributed by atoms with Crippen molar-refractivity contribution in [2.75, 3.05) is 53.4 Å². The van der Waals surface area contributed by atoms with Crippen molar-refractivity contribution in [2.24, 2.45) is 0 Å². The molecule has 0 radical (unpaired) electrons. The molecule has 3 aliphatic rings. The monoisotopic (exact) mass is 324 g/mol. The third-order valence-electron chi connectivity index (χ3n) is 5.76. The van der Waals surface area contributed by atoms with Crippen LogP contribution in [0.25, 0.3) is 0 Å². The van der Waals surface area contributed by atoms with Gasteiger partial charge in [0.15, 0.2) is 0 Å². The number of β-amino-alcohol motifs (C(OH)–C–C–N with tert-alkyl or cyclic N) is 1. The number of urea groups is 1. The van der Waals surface area contributed by atoms with Gasteiger partial charge in [0.25, 0.3) is 0 Å². The summed E-state index contributed by atoms with van der Waals surface area (Å²) in [5.74, 6) is 0. The molecule has 1 unspecified atom stereocenters. The van der Waals surface area contributed by atoms with Gasteiger partial charge in [-0.25, -0.2) is 4.79 Å². The average Bonchev–Trinajstić information content (AvgIpc) is 2.75. The zero-order valence-corrected chi connectivity index (χ0v) is 14.7. The maximum Gasteiger partial charge on any atom is 0.319 e. The van der Waals surface area contributed by atoms with Crippen LogP contribution in [0.1, 0.15) is 32.1 Å². The van der Waals surface area contributed by atoms with E-state index < -0.39 is 0 Å². The predicted octanol–water partition coefficient (Wildman–Crippen LogP) is 0.663. The van der Waals surface area contributed by atoms with Gasteiger partial charge >= 0.3 is 6.03 Å². The van der Waals surface area contributed by atoms with Gasteiger partial charge < -0.3 is 14.9 Å². The minimum absolute atomic E-state index is 0.0927. The molecule has 3 aliphatic heterocycles. The Morgan fingerprint density at radius 1 is 1.04 bits per heavy atom. The molecule has 0 aromatic carbocycles. The highest BCUT2D eigenvalue weighted by Crippen LogP contribution is 2.35. The molecule has 2 amide bonds. The maximum absolute atomic E-state index is 11.9. The van der Waals surface area contributed by atoms with Gasteiger partial charge in [0.1, 0.15) is 0 Å². The number of carbonyl (C=O) groups is 1. The van der Waals surface area contributed by atoms with Crippen LogP contribution in [0, 0.1) is 0 Å². The second-order valence-corrected chi connectivity index (χ2v) is 7.63. The van der Waals surface area contributed by atoms with Gasteiger partial charge in [0.2, 0.25) is 0 Å². The summed E-state index contributed by atoms with van der Waals surface area (Å²) >= 11 is 0. The highest BCUT2D eigenvalue weighted by molar-refractivity contribution is 5.73. The zero-order valence-electron chi connectivity index (χ0n) is 14.7. The van der Waals surface area contributed by atoms with Gasteiger partial charge in [-0.2, -0.15) is 0 Å². The Morgan fingerprint density at radius 3 is 2.22 bits per heavy atom. The predicted molar refractivity (Wildman–Crippen MR) is 90.5 cm³/mol. The first-order valence-corrected chi connectivity index (χ1v) is 9.17. The molecule has 23 heavy (non-hydrogen) atoms. The summed E-state index contributed by atoms with van der Waals surface area (Å²) in [6.45, 7) is 4.82. The number of carbonyl (C=O) groups excluding carboxylic acids is 1. The van der Waals surface area contributed by atoms with E-state index in [0.29, 0.717) is 0 Å². The van der Waals surface area contributed by atoms with Crippen LogP contribution in [0.5, 0.6) is 0 Å². The van der Waals surface area contributed by atoms with Crippen molar-refractivity contribution in [2.45, 2.75) is 50.3 Å². The lowest BCUT2D eigenvalue weighted by atomic mass is 10.0. The topological polar surface area (TPSA) is 50.3 Å². The molecule has 0 aliphatic carbocycles. The summed E-state index contributed by atoms with van der Waals surface area (Å²) in [7, 11) is 3.59. The minimum Gasteiger partial charge on any atom is -0.390 e. The number of fused-ring (bicyclic) bond motifs is 2. The largest absolute Gasteiger partial charge is 0.390 e. The Hall–Kier alpha value is -0.850. The third-order valence-corrected chi connectivity index (χ3v) is 5.76. The first-order chi connectivity index (χ1) is 11.0. The SMILES string of the molecule is CN(C)C(=O)N1CCN(CC(O)CN2[C@@H]3CCC[C@H]2CC3)CC1. The molecule has 3 fully saturated rings. The summed E-state index contributed by atoms with van der Waals surface area (Å²) in [4.78, 5) is 20.3. The van der Waals surface area contributed by atoms with Gasteiger partial charge in [0, 0.05) is 65.4 Å². The van der Waals surface area contributed by atoms with E-state index in [4.69, 9.17) is 0 Å². The Morgan fingerprint density at radius 2 is 1.65 bits per heavy atom. The van der Waals surface area contributed by atoms with E-state index in [-0.39, 0.29) is 12.1 Å². The summed E-state index contributed by atoms with van der Waals surface area (Å²) in [6, 6.07) is 1.53. The van der Waals surface area contributed by atoms with E-state index >= 15 is 0 Å². The van der Waals surface area contributed by atoms with Crippen molar-refractivity contribution in [1.82, 2.24) is 19.6 Å². The number of piperazine rings is 1. The van der Waals surface area contributed by atoms with Crippen molar-refractivity contribution in [3.63, 3.8) is 0 Å². The number of amides is 2. The van der Waals surface area contributed by atoms with Gasteiger partial charge in [-0.1, -0.05) is 6.42 Å². The van der Waals surface area contributed by atoms with Crippen LogP contribution in [0.3, 0.4) is 0 Å². The molecule has 6 heteroatoms. The number of hydrogen-bond donors (Lipinski definition) is 1. The van der Waals surface area contributed by atoms with Crippen LogP contribution < -0.4 is 0 Å². The van der Waals surface area contributed by atoms with Crippen molar-refractivity contribution in [3.8, 4) is 0 Å². The Balaban J connectivity index is 1.41. The average molecular weight is 324 g/mol. The van der Waals surface area contributed by atoms with Gasteiger partial charge in [-0.3, -0.25) is 9.80 Å². The maximum atomic E-state index is 11.9. The van der Waals surface area contributed by atoms with Crippen LogP contribution >= 0.6 is 0 Å². The summed E-state index contributed by atoms with van der Waals surface area (Å²) < 4.78 is 0. The molecule has 6 nitrogen and oxygen atoms in total. The first-order valence-electron chi connectivity index (χ1n) is 9.17. The summed E-state index contributed by atoms with van der Waals surface area (Å²) in [5, 5.41) is 10.5. The van der Waals surface area contributed by atoms with Gasteiger partial charge in [-0.05, 0) is 25.7 Å². The van der Waals surface area contributed by atoms with Gasteiger partial charge in [-0.15, -0.1) is 0 Å². The molecule has 3 heterocycles. The molecule has 0 aromatic rings.